The highest BCUT2D eigenvalue weighted by molar-refractivity contribution is 8.31. The summed E-state index contributed by atoms with van der Waals surface area (Å²) in [4.78, 5) is 2.42. The zero-order chi connectivity index (χ0) is 29.1. The van der Waals surface area contributed by atoms with Gasteiger partial charge in [-0.25, -0.2) is 0 Å². The predicted molar refractivity (Wildman–Crippen MR) is 170 cm³/mol. The van der Waals surface area contributed by atoms with Gasteiger partial charge in [0.25, 0.3) is 0 Å². The molecule has 1 saturated carbocycles. The lowest BCUT2D eigenvalue weighted by atomic mass is 9.95. The number of hydrogen-bond acceptors (Lipinski definition) is 4. The van der Waals surface area contributed by atoms with E-state index in [1.165, 1.54) is 15.4 Å². The van der Waals surface area contributed by atoms with E-state index in [1.54, 1.807) is 0 Å². The molecule has 0 saturated heterocycles. The Bertz CT molecular complexity index is 1140. The van der Waals surface area contributed by atoms with Crippen molar-refractivity contribution in [1.82, 2.24) is 0 Å². The van der Waals surface area contributed by atoms with Gasteiger partial charge in [-0.05, 0) is 83.2 Å². The van der Waals surface area contributed by atoms with Crippen molar-refractivity contribution in [2.24, 2.45) is 0 Å². The smallest absolute Gasteiger partial charge is 0.106 e. The van der Waals surface area contributed by atoms with Crippen LogP contribution in [0.25, 0.3) is 0 Å². The zero-order valence-corrected chi connectivity index (χ0v) is 26.1. The minimum Gasteiger partial charge on any atom is -0.375 e. The molecule has 0 N–H and O–H groups in total. The summed E-state index contributed by atoms with van der Waals surface area (Å²) >= 11 is 0. The summed E-state index contributed by atoms with van der Waals surface area (Å²) < 4.78 is 26.1. The molecule has 1 aliphatic rings. The van der Waals surface area contributed by atoms with Crippen LogP contribution in [0.15, 0.2) is 113 Å². The van der Waals surface area contributed by atoms with Gasteiger partial charge in [0.1, 0.15) is 6.10 Å². The lowest BCUT2D eigenvalue weighted by molar-refractivity contribution is -0.0866. The second kappa shape index (κ2) is 15.2. The fourth-order valence-electron chi connectivity index (χ4n) is 5.40. The van der Waals surface area contributed by atoms with Crippen LogP contribution in [0.1, 0.15) is 58.9 Å². The number of benzene rings is 3. The normalized spacial score (nSPS) is 19.0. The zero-order valence-electron chi connectivity index (χ0n) is 25.3. The number of ether oxygens (including phenoxy) is 3. The lowest BCUT2D eigenvalue weighted by Gasteiger charge is -2.50. The summed E-state index contributed by atoms with van der Waals surface area (Å²) in [5.74, 6) is 0. The maximum absolute atomic E-state index is 7.13. The van der Waals surface area contributed by atoms with E-state index in [1.807, 2.05) is 13.0 Å². The van der Waals surface area contributed by atoms with Crippen LogP contribution in [0.2, 0.25) is 0 Å². The molecule has 4 rings (SSSR count). The molecule has 41 heavy (non-hydrogen) atoms. The topological polar surface area (TPSA) is 36.9 Å². The van der Waals surface area contributed by atoms with Crippen molar-refractivity contribution < 1.29 is 18.4 Å². The van der Waals surface area contributed by atoms with E-state index < -0.39 is 10.3 Å². The summed E-state index contributed by atoms with van der Waals surface area (Å²) in [6.45, 7) is 14.9. The predicted octanol–water partition coefficient (Wildman–Crippen LogP) is 9.15. The van der Waals surface area contributed by atoms with Gasteiger partial charge in [-0.15, -0.1) is 0 Å². The largest absolute Gasteiger partial charge is 0.375 e. The first-order valence-corrected chi connectivity index (χ1v) is 16.4. The first-order valence-electron chi connectivity index (χ1n) is 14.9. The van der Waals surface area contributed by atoms with Crippen molar-refractivity contribution in [3.63, 3.8) is 0 Å². The molecule has 3 aromatic rings. The number of rotatable bonds is 14. The molecule has 0 radical (unpaired) electrons. The van der Waals surface area contributed by atoms with Crippen LogP contribution in [-0.2, 0) is 25.0 Å². The van der Waals surface area contributed by atoms with Crippen molar-refractivity contribution in [3.8, 4) is 0 Å². The summed E-state index contributed by atoms with van der Waals surface area (Å²) in [6, 6.07) is 31.7. The first-order chi connectivity index (χ1) is 19.8. The fraction of sp³-hybridized carbons (Fsp3) is 0.444. The van der Waals surface area contributed by atoms with Gasteiger partial charge < -0.3 is 18.4 Å². The third-order valence-corrected chi connectivity index (χ3v) is 11.5. The molecule has 1 fully saturated rings. The van der Waals surface area contributed by atoms with Gasteiger partial charge in [0.2, 0.25) is 0 Å². The average Bonchev–Trinajstić information content (AvgIpc) is 2.98. The summed E-state index contributed by atoms with van der Waals surface area (Å²) in [5, 5.41) is 0. The highest BCUT2D eigenvalue weighted by Crippen LogP contribution is 2.71. The molecule has 3 aromatic carbocycles. The molecule has 0 aromatic heterocycles. The molecule has 1 aliphatic carbocycles. The Hall–Kier alpha value is -2.41. The Kier molecular flexibility index (Phi) is 11.7. The molecule has 3 atom stereocenters. The van der Waals surface area contributed by atoms with Crippen LogP contribution in [0.4, 0.5) is 0 Å². The SMILES string of the molecule is C=C(C)COC(COC1CCCC(OCc2ccccc2)C1)COS(c1ccccc1)(c1ccccc1)C(C)(C)C. The van der Waals surface area contributed by atoms with Gasteiger partial charge in [0.05, 0.1) is 38.6 Å². The van der Waals surface area contributed by atoms with Crippen LogP contribution in [0, 0.1) is 0 Å². The third kappa shape index (κ3) is 8.79. The van der Waals surface area contributed by atoms with Crippen LogP contribution < -0.4 is 0 Å². The van der Waals surface area contributed by atoms with Gasteiger partial charge >= 0.3 is 0 Å². The minimum atomic E-state index is -1.87. The van der Waals surface area contributed by atoms with Gasteiger partial charge in [0, 0.05) is 14.5 Å². The Balaban J connectivity index is 1.45. The second-order valence-corrected chi connectivity index (χ2v) is 15.5. The molecule has 0 amide bonds. The van der Waals surface area contributed by atoms with E-state index in [2.05, 4.69) is 112 Å². The van der Waals surface area contributed by atoms with Gasteiger partial charge in [0.15, 0.2) is 0 Å². The van der Waals surface area contributed by atoms with Crippen molar-refractivity contribution >= 4 is 10.3 Å². The van der Waals surface area contributed by atoms with Gasteiger partial charge in [-0.1, -0.05) is 89.2 Å². The van der Waals surface area contributed by atoms with E-state index in [9.17, 15) is 0 Å². The van der Waals surface area contributed by atoms with Crippen LogP contribution in [-0.4, -0.2) is 42.9 Å². The van der Waals surface area contributed by atoms with Crippen LogP contribution >= 0.6 is 10.3 Å². The Morgan fingerprint density at radius 3 is 1.88 bits per heavy atom. The monoisotopic (exact) mass is 576 g/mol. The van der Waals surface area contributed by atoms with Gasteiger partial charge in [-0.3, -0.25) is 0 Å². The highest BCUT2D eigenvalue weighted by Gasteiger charge is 2.42. The average molecular weight is 577 g/mol. The molecular weight excluding hydrogens is 528 g/mol. The second-order valence-electron chi connectivity index (χ2n) is 12.0. The Morgan fingerprint density at radius 2 is 1.34 bits per heavy atom. The molecule has 4 nitrogen and oxygen atoms in total. The molecule has 222 valence electrons. The highest BCUT2D eigenvalue weighted by atomic mass is 32.3. The quantitative estimate of drug-likeness (QED) is 0.179. The summed E-state index contributed by atoms with van der Waals surface area (Å²) in [6.07, 6.45) is 4.31. The summed E-state index contributed by atoms with van der Waals surface area (Å²) in [7, 11) is -1.87. The van der Waals surface area contributed by atoms with Crippen molar-refractivity contribution in [1.29, 1.82) is 0 Å². The molecule has 0 aliphatic heterocycles. The molecule has 0 spiro atoms. The lowest BCUT2D eigenvalue weighted by Crippen LogP contribution is -2.35. The Morgan fingerprint density at radius 1 is 0.805 bits per heavy atom. The van der Waals surface area contributed by atoms with E-state index in [0.717, 1.165) is 31.3 Å². The number of hydrogen-bond donors (Lipinski definition) is 0. The summed E-state index contributed by atoms with van der Waals surface area (Å²) in [5.41, 5.74) is 2.20. The molecular formula is C36H48O4S. The van der Waals surface area contributed by atoms with E-state index in [0.29, 0.717) is 26.4 Å². The van der Waals surface area contributed by atoms with Crippen LogP contribution in [0.5, 0.6) is 0 Å². The molecule has 0 bridgehead atoms. The van der Waals surface area contributed by atoms with E-state index in [-0.39, 0.29) is 23.1 Å². The van der Waals surface area contributed by atoms with Crippen molar-refractivity contribution in [2.75, 3.05) is 19.8 Å². The van der Waals surface area contributed by atoms with Crippen LogP contribution in [0.3, 0.4) is 0 Å². The first kappa shape index (κ1) is 31.5. The van der Waals surface area contributed by atoms with Crippen molar-refractivity contribution in [2.45, 2.75) is 92.8 Å². The minimum absolute atomic E-state index is 0.151. The molecule has 5 heteroatoms. The van der Waals surface area contributed by atoms with Crippen molar-refractivity contribution in [3.05, 3.63) is 109 Å². The van der Waals surface area contributed by atoms with E-state index >= 15 is 0 Å². The Labute approximate surface area is 249 Å². The van der Waals surface area contributed by atoms with E-state index in [4.69, 9.17) is 18.4 Å². The maximum atomic E-state index is 7.13. The molecule has 0 heterocycles. The van der Waals surface area contributed by atoms with Gasteiger partial charge in [-0.2, -0.15) is 0 Å². The molecule has 3 unspecified atom stereocenters. The third-order valence-electron chi connectivity index (χ3n) is 7.43. The standard InChI is InChI=1S/C36H48O4S/c1-29(2)25-37-33(27-39-32-19-15-18-31(24-32)38-26-30-16-9-6-10-17-30)28-40-41(36(3,4)5,34-20-11-7-12-21-34)35-22-13-8-14-23-35/h6-14,16-17,20-23,31-33H,1,15,18-19,24-28H2,2-5H3. The fourth-order valence-corrected chi connectivity index (χ4v) is 9.15. The maximum Gasteiger partial charge on any atom is 0.106 e.